The van der Waals surface area contributed by atoms with Crippen molar-refractivity contribution in [2.45, 2.75) is 20.8 Å². The molecule has 0 spiro atoms. The summed E-state index contributed by atoms with van der Waals surface area (Å²) in [6.07, 6.45) is 0. The first kappa shape index (κ1) is 17.7. The topological polar surface area (TPSA) is 34.8 Å². The number of nitrogens with zero attached hydrogens (tertiary/aromatic N) is 3. The van der Waals surface area contributed by atoms with E-state index >= 15 is 0 Å². The number of benzene rings is 3. The molecule has 0 radical (unpaired) electrons. The lowest BCUT2D eigenvalue weighted by Crippen LogP contribution is -2.30. The summed E-state index contributed by atoms with van der Waals surface area (Å²) in [5.74, 6) is 1.84. The van der Waals surface area contributed by atoms with Crippen molar-refractivity contribution < 1.29 is 8.98 Å². The molecule has 29 heavy (non-hydrogen) atoms. The SMILES string of the molecule is Cc1cc2oc(-c3c(C)cccc3C)nc2cc1-c1n(C)c2ccccc2[n+]1C. The molecule has 5 aromatic rings. The molecule has 0 unspecified atom stereocenters. The molecule has 0 saturated carbocycles. The Bertz CT molecular complexity index is 1350. The Morgan fingerprint density at radius 2 is 1.62 bits per heavy atom. The van der Waals surface area contributed by atoms with Crippen molar-refractivity contribution >= 4 is 22.1 Å². The lowest BCUT2D eigenvalue weighted by atomic mass is 10.0. The minimum atomic E-state index is 0.688. The van der Waals surface area contributed by atoms with E-state index in [4.69, 9.17) is 9.40 Å². The normalized spacial score (nSPS) is 11.6. The van der Waals surface area contributed by atoms with Crippen LogP contribution in [0, 0.1) is 20.8 Å². The van der Waals surface area contributed by atoms with Crippen LogP contribution in [0.15, 0.2) is 59.0 Å². The highest BCUT2D eigenvalue weighted by molar-refractivity contribution is 5.85. The van der Waals surface area contributed by atoms with Gasteiger partial charge in [0, 0.05) is 5.56 Å². The lowest BCUT2D eigenvalue weighted by Gasteiger charge is -2.04. The number of aromatic nitrogens is 3. The molecule has 2 aromatic heterocycles. The number of rotatable bonds is 2. The molecule has 0 N–H and O–H groups in total. The van der Waals surface area contributed by atoms with Crippen molar-refractivity contribution in [2.24, 2.45) is 14.1 Å². The van der Waals surface area contributed by atoms with E-state index in [0.717, 1.165) is 22.5 Å². The average Bonchev–Trinajstić information content (AvgIpc) is 3.20. The Balaban J connectivity index is 1.75. The average molecular weight is 382 g/mol. The van der Waals surface area contributed by atoms with Gasteiger partial charge in [-0.25, -0.2) is 14.1 Å². The third-order valence-electron chi connectivity index (χ3n) is 5.91. The van der Waals surface area contributed by atoms with Gasteiger partial charge in [-0.2, -0.15) is 0 Å². The number of imidazole rings is 1. The first-order valence-electron chi connectivity index (χ1n) is 9.87. The molecule has 0 bridgehead atoms. The van der Waals surface area contributed by atoms with Crippen LogP contribution in [0.5, 0.6) is 0 Å². The highest BCUT2D eigenvalue weighted by Gasteiger charge is 2.24. The molecule has 0 aliphatic carbocycles. The van der Waals surface area contributed by atoms with E-state index in [-0.39, 0.29) is 0 Å². The van der Waals surface area contributed by atoms with Crippen LogP contribution in [0.25, 0.3) is 45.0 Å². The molecule has 2 heterocycles. The summed E-state index contributed by atoms with van der Waals surface area (Å²) < 4.78 is 10.7. The third-order valence-corrected chi connectivity index (χ3v) is 5.91. The number of hydrogen-bond acceptors (Lipinski definition) is 2. The second kappa shape index (κ2) is 6.31. The maximum Gasteiger partial charge on any atom is 0.289 e. The predicted molar refractivity (Wildman–Crippen MR) is 117 cm³/mol. The van der Waals surface area contributed by atoms with Gasteiger partial charge in [0.2, 0.25) is 5.89 Å². The van der Waals surface area contributed by atoms with Crippen LogP contribution in [0.2, 0.25) is 0 Å². The van der Waals surface area contributed by atoms with E-state index in [0.29, 0.717) is 5.89 Å². The van der Waals surface area contributed by atoms with Gasteiger partial charge in [-0.1, -0.05) is 30.3 Å². The van der Waals surface area contributed by atoms with Crippen LogP contribution in [-0.4, -0.2) is 9.55 Å². The van der Waals surface area contributed by atoms with Gasteiger partial charge >= 0.3 is 0 Å². The van der Waals surface area contributed by atoms with Gasteiger partial charge in [0.1, 0.15) is 5.52 Å². The summed E-state index contributed by atoms with van der Waals surface area (Å²) in [7, 11) is 4.23. The fourth-order valence-corrected chi connectivity index (χ4v) is 4.42. The Morgan fingerprint density at radius 1 is 0.897 bits per heavy atom. The number of aryl methyl sites for hydroxylation is 5. The van der Waals surface area contributed by atoms with Crippen LogP contribution in [0.4, 0.5) is 0 Å². The van der Waals surface area contributed by atoms with E-state index in [1.54, 1.807) is 0 Å². The Hall–Kier alpha value is -3.40. The van der Waals surface area contributed by atoms with Crippen molar-refractivity contribution in [1.82, 2.24) is 9.55 Å². The van der Waals surface area contributed by atoms with Gasteiger partial charge in [-0.15, -0.1) is 0 Å². The van der Waals surface area contributed by atoms with Gasteiger partial charge in [-0.3, -0.25) is 0 Å². The molecular formula is C25H24N3O+. The molecule has 0 amide bonds. The monoisotopic (exact) mass is 382 g/mol. The van der Waals surface area contributed by atoms with Crippen LogP contribution >= 0.6 is 0 Å². The summed E-state index contributed by atoms with van der Waals surface area (Å²) in [6.45, 7) is 6.33. The molecule has 0 aliphatic heterocycles. The maximum absolute atomic E-state index is 6.18. The second-order valence-electron chi connectivity index (χ2n) is 7.85. The van der Waals surface area contributed by atoms with Crippen molar-refractivity contribution in [3.8, 4) is 22.8 Å². The van der Waals surface area contributed by atoms with E-state index in [1.165, 1.54) is 33.3 Å². The van der Waals surface area contributed by atoms with Crippen molar-refractivity contribution in [2.75, 3.05) is 0 Å². The molecule has 0 fully saturated rings. The zero-order chi connectivity index (χ0) is 20.3. The zero-order valence-electron chi connectivity index (χ0n) is 17.4. The zero-order valence-corrected chi connectivity index (χ0v) is 17.4. The standard InChI is InChI=1S/C25H24N3O/c1-15-9-8-10-16(2)23(15)24-26-19-14-18(17(3)13-22(19)29-24)25-27(4)20-11-6-7-12-21(20)28(25)5/h6-14H,1-5H3/q+1. The molecular weight excluding hydrogens is 358 g/mol. The highest BCUT2D eigenvalue weighted by atomic mass is 16.3. The number of hydrogen-bond donors (Lipinski definition) is 0. The quantitative estimate of drug-likeness (QED) is 0.383. The van der Waals surface area contributed by atoms with Gasteiger partial charge < -0.3 is 4.42 Å². The summed E-state index contributed by atoms with van der Waals surface area (Å²) in [4.78, 5) is 4.86. The van der Waals surface area contributed by atoms with E-state index in [9.17, 15) is 0 Å². The summed E-state index contributed by atoms with van der Waals surface area (Å²) in [5.41, 5.74) is 9.89. The minimum Gasteiger partial charge on any atom is -0.436 e. The van der Waals surface area contributed by atoms with Gasteiger partial charge in [0.25, 0.3) is 5.82 Å². The first-order valence-corrected chi connectivity index (χ1v) is 9.87. The maximum atomic E-state index is 6.18. The van der Waals surface area contributed by atoms with E-state index in [2.05, 4.69) is 98.6 Å². The second-order valence-corrected chi connectivity index (χ2v) is 7.85. The van der Waals surface area contributed by atoms with Crippen LogP contribution in [-0.2, 0) is 14.1 Å². The summed E-state index contributed by atoms with van der Waals surface area (Å²) >= 11 is 0. The lowest BCUT2D eigenvalue weighted by molar-refractivity contribution is -0.634. The van der Waals surface area contributed by atoms with E-state index < -0.39 is 0 Å². The number of para-hydroxylation sites is 2. The Labute approximate surface area is 170 Å². The largest absolute Gasteiger partial charge is 0.436 e. The minimum absolute atomic E-state index is 0.688. The third kappa shape index (κ3) is 2.59. The van der Waals surface area contributed by atoms with Gasteiger partial charge in [0.05, 0.1) is 19.7 Å². The van der Waals surface area contributed by atoms with Crippen molar-refractivity contribution in [3.05, 3.63) is 71.3 Å². The summed E-state index contributed by atoms with van der Waals surface area (Å²) in [6, 6.07) is 19.0. The highest BCUT2D eigenvalue weighted by Crippen LogP contribution is 2.33. The van der Waals surface area contributed by atoms with E-state index in [1.807, 2.05) is 0 Å². The van der Waals surface area contributed by atoms with Crippen molar-refractivity contribution in [3.63, 3.8) is 0 Å². The molecule has 4 heteroatoms. The van der Waals surface area contributed by atoms with Crippen LogP contribution < -0.4 is 4.57 Å². The molecule has 0 aliphatic rings. The molecule has 0 saturated heterocycles. The molecule has 144 valence electrons. The Morgan fingerprint density at radius 3 is 2.34 bits per heavy atom. The summed E-state index contributed by atoms with van der Waals surface area (Å²) in [5, 5.41) is 0. The van der Waals surface area contributed by atoms with Crippen molar-refractivity contribution in [1.29, 1.82) is 0 Å². The van der Waals surface area contributed by atoms with Gasteiger partial charge in [-0.05, 0) is 61.7 Å². The van der Waals surface area contributed by atoms with Gasteiger partial charge in [0.15, 0.2) is 16.6 Å². The van der Waals surface area contributed by atoms with Crippen LogP contribution in [0.3, 0.4) is 0 Å². The Kier molecular flexibility index (Phi) is 3.85. The first-order chi connectivity index (χ1) is 14.0. The fraction of sp³-hybridized carbons (Fsp3) is 0.200. The van der Waals surface area contributed by atoms with Crippen LogP contribution in [0.1, 0.15) is 16.7 Å². The molecule has 5 rings (SSSR count). The molecule has 0 atom stereocenters. The number of oxazole rings is 1. The smallest absolute Gasteiger partial charge is 0.289 e. The number of fused-ring (bicyclic) bond motifs is 2. The fourth-order valence-electron chi connectivity index (χ4n) is 4.42. The molecule has 3 aromatic carbocycles. The predicted octanol–water partition coefficient (Wildman–Crippen LogP) is 5.40. The molecule has 4 nitrogen and oxygen atoms in total.